The van der Waals surface area contributed by atoms with Crippen LogP contribution in [0.4, 0.5) is 0 Å². The van der Waals surface area contributed by atoms with Crippen molar-refractivity contribution in [1.29, 1.82) is 0 Å². The molecule has 5 nitrogen and oxygen atoms in total. The molecule has 1 heterocycles. The van der Waals surface area contributed by atoms with Gasteiger partial charge in [-0.2, -0.15) is 5.10 Å². The van der Waals surface area contributed by atoms with E-state index in [9.17, 15) is 9.59 Å². The van der Waals surface area contributed by atoms with E-state index < -0.39 is 0 Å². The van der Waals surface area contributed by atoms with Crippen LogP contribution in [0.3, 0.4) is 0 Å². The molecule has 0 saturated heterocycles. The minimum Gasteiger partial charge on any atom is -0.356 e. The number of benzene rings is 1. The van der Waals surface area contributed by atoms with E-state index in [1.807, 2.05) is 24.3 Å². The Morgan fingerprint density at radius 2 is 1.92 bits per heavy atom. The van der Waals surface area contributed by atoms with Crippen molar-refractivity contribution >= 4 is 21.8 Å². The topological polar surface area (TPSA) is 64.0 Å². The second-order valence-electron chi connectivity index (χ2n) is 5.59. The number of nitrogens with one attached hydrogen (secondary N) is 1. The first-order valence-corrected chi connectivity index (χ1v) is 9.00. The standard InChI is InChI=1S/C18H22BrN3O2/c1-2-3-12-20-17(23)5-4-13-22-18(24)11-10-16(21-22)14-6-8-15(19)9-7-14/h6-11H,2-5,12-13H2,1H3,(H,20,23). The lowest BCUT2D eigenvalue weighted by atomic mass is 10.1. The number of nitrogens with zero attached hydrogens (tertiary/aromatic N) is 2. The van der Waals surface area contributed by atoms with Gasteiger partial charge >= 0.3 is 0 Å². The van der Waals surface area contributed by atoms with Gasteiger partial charge in [0.15, 0.2) is 0 Å². The van der Waals surface area contributed by atoms with Crippen LogP contribution in [0.5, 0.6) is 0 Å². The molecule has 2 rings (SSSR count). The molecule has 24 heavy (non-hydrogen) atoms. The molecule has 6 heteroatoms. The third kappa shape index (κ3) is 5.60. The zero-order valence-corrected chi connectivity index (χ0v) is 15.4. The second kappa shape index (κ2) is 9.37. The number of rotatable bonds is 8. The highest BCUT2D eigenvalue weighted by atomic mass is 79.9. The highest BCUT2D eigenvalue weighted by molar-refractivity contribution is 9.10. The molecule has 1 aromatic heterocycles. The van der Waals surface area contributed by atoms with Crippen molar-refractivity contribution in [1.82, 2.24) is 15.1 Å². The molecule has 0 fully saturated rings. The van der Waals surface area contributed by atoms with Crippen LogP contribution in [-0.2, 0) is 11.3 Å². The Hall–Kier alpha value is -1.95. The number of aryl methyl sites for hydroxylation is 1. The third-order valence-electron chi connectivity index (χ3n) is 3.63. The number of hydrogen-bond acceptors (Lipinski definition) is 3. The molecule has 1 N–H and O–H groups in total. The van der Waals surface area contributed by atoms with Crippen LogP contribution in [0.25, 0.3) is 11.3 Å². The van der Waals surface area contributed by atoms with E-state index in [0.717, 1.165) is 28.6 Å². The zero-order chi connectivity index (χ0) is 17.4. The molecule has 2 aromatic rings. The van der Waals surface area contributed by atoms with Crippen LogP contribution in [0.2, 0.25) is 0 Å². The van der Waals surface area contributed by atoms with Crippen LogP contribution >= 0.6 is 15.9 Å². The van der Waals surface area contributed by atoms with Gasteiger partial charge in [-0.15, -0.1) is 0 Å². The largest absolute Gasteiger partial charge is 0.356 e. The van der Waals surface area contributed by atoms with Gasteiger partial charge in [0, 0.05) is 35.6 Å². The molecule has 0 radical (unpaired) electrons. The van der Waals surface area contributed by atoms with Crippen molar-refractivity contribution in [2.75, 3.05) is 6.54 Å². The highest BCUT2D eigenvalue weighted by Crippen LogP contribution is 2.18. The number of aromatic nitrogens is 2. The Bertz CT molecular complexity index is 726. The van der Waals surface area contributed by atoms with E-state index in [1.54, 1.807) is 6.07 Å². The molecule has 0 atom stereocenters. The first-order valence-electron chi connectivity index (χ1n) is 8.21. The predicted molar refractivity (Wildman–Crippen MR) is 98.8 cm³/mol. The first-order chi connectivity index (χ1) is 11.6. The molecule has 0 aliphatic rings. The molecule has 0 unspecified atom stereocenters. The Balaban J connectivity index is 1.95. The van der Waals surface area contributed by atoms with Crippen molar-refractivity contribution in [2.24, 2.45) is 0 Å². The van der Waals surface area contributed by atoms with Gasteiger partial charge < -0.3 is 5.32 Å². The summed E-state index contributed by atoms with van der Waals surface area (Å²) in [7, 11) is 0. The van der Waals surface area contributed by atoms with Gasteiger partial charge in [0.25, 0.3) is 5.56 Å². The summed E-state index contributed by atoms with van der Waals surface area (Å²) < 4.78 is 2.42. The lowest BCUT2D eigenvalue weighted by molar-refractivity contribution is -0.121. The number of unbranched alkanes of at least 4 members (excludes halogenated alkanes) is 1. The second-order valence-corrected chi connectivity index (χ2v) is 6.51. The van der Waals surface area contributed by atoms with Gasteiger partial charge in [-0.05, 0) is 31.0 Å². The fraction of sp³-hybridized carbons (Fsp3) is 0.389. The average Bonchev–Trinajstić information content (AvgIpc) is 2.57. The van der Waals surface area contributed by atoms with E-state index >= 15 is 0 Å². The number of carbonyl (C=O) groups is 1. The fourth-order valence-electron chi connectivity index (χ4n) is 2.27. The summed E-state index contributed by atoms with van der Waals surface area (Å²) in [4.78, 5) is 23.6. The van der Waals surface area contributed by atoms with Crippen LogP contribution in [0, 0.1) is 0 Å². The van der Waals surface area contributed by atoms with Gasteiger partial charge in [0.05, 0.1) is 5.69 Å². The molecule has 1 amide bonds. The number of amides is 1. The van der Waals surface area contributed by atoms with Crippen molar-refractivity contribution in [3.8, 4) is 11.3 Å². The molecule has 1 aromatic carbocycles. The quantitative estimate of drug-likeness (QED) is 0.701. The maximum Gasteiger partial charge on any atom is 0.266 e. The predicted octanol–water partition coefficient (Wildman–Crippen LogP) is 3.37. The normalized spacial score (nSPS) is 10.6. The van der Waals surface area contributed by atoms with Crippen molar-refractivity contribution in [3.63, 3.8) is 0 Å². The smallest absolute Gasteiger partial charge is 0.266 e. The zero-order valence-electron chi connectivity index (χ0n) is 13.8. The molecule has 0 aliphatic carbocycles. The summed E-state index contributed by atoms with van der Waals surface area (Å²) in [5, 5.41) is 7.28. The fourth-order valence-corrected chi connectivity index (χ4v) is 2.53. The summed E-state index contributed by atoms with van der Waals surface area (Å²) in [6.07, 6.45) is 3.04. The number of carbonyl (C=O) groups excluding carboxylic acids is 1. The summed E-state index contributed by atoms with van der Waals surface area (Å²) in [6, 6.07) is 11.0. The van der Waals surface area contributed by atoms with E-state index in [1.165, 1.54) is 10.7 Å². The maximum absolute atomic E-state index is 11.9. The summed E-state index contributed by atoms with van der Waals surface area (Å²) >= 11 is 3.40. The molecule has 0 spiro atoms. The Labute approximate surface area is 150 Å². The van der Waals surface area contributed by atoms with Crippen LogP contribution < -0.4 is 10.9 Å². The average molecular weight is 392 g/mol. The summed E-state index contributed by atoms with van der Waals surface area (Å²) in [5.41, 5.74) is 1.54. The van der Waals surface area contributed by atoms with Gasteiger partial charge in [0.1, 0.15) is 0 Å². The van der Waals surface area contributed by atoms with Crippen LogP contribution in [-0.4, -0.2) is 22.2 Å². The molecule has 0 bridgehead atoms. The Morgan fingerprint density at radius 3 is 2.62 bits per heavy atom. The van der Waals surface area contributed by atoms with E-state index in [0.29, 0.717) is 25.9 Å². The van der Waals surface area contributed by atoms with Crippen molar-refractivity contribution < 1.29 is 4.79 Å². The molecular weight excluding hydrogens is 370 g/mol. The van der Waals surface area contributed by atoms with Crippen molar-refractivity contribution in [3.05, 3.63) is 51.2 Å². The van der Waals surface area contributed by atoms with Gasteiger partial charge in [-0.3, -0.25) is 9.59 Å². The lowest BCUT2D eigenvalue weighted by Gasteiger charge is -2.08. The maximum atomic E-state index is 11.9. The monoisotopic (exact) mass is 391 g/mol. The summed E-state index contributed by atoms with van der Waals surface area (Å²) in [5.74, 6) is 0.0283. The van der Waals surface area contributed by atoms with E-state index in [-0.39, 0.29) is 11.5 Å². The minimum atomic E-state index is -0.151. The van der Waals surface area contributed by atoms with Gasteiger partial charge in [-0.25, -0.2) is 4.68 Å². The molecular formula is C18H22BrN3O2. The SMILES string of the molecule is CCCCNC(=O)CCCn1nc(-c2ccc(Br)cc2)ccc1=O. The Kier molecular flexibility index (Phi) is 7.18. The van der Waals surface area contributed by atoms with Crippen molar-refractivity contribution in [2.45, 2.75) is 39.2 Å². The lowest BCUT2D eigenvalue weighted by Crippen LogP contribution is -2.26. The van der Waals surface area contributed by atoms with E-state index in [2.05, 4.69) is 33.3 Å². The minimum absolute atomic E-state index is 0.0283. The van der Waals surface area contributed by atoms with Gasteiger partial charge in [-0.1, -0.05) is 41.4 Å². The molecule has 0 saturated carbocycles. The first kappa shape index (κ1) is 18.4. The van der Waals surface area contributed by atoms with Crippen LogP contribution in [0.15, 0.2) is 45.7 Å². The third-order valence-corrected chi connectivity index (χ3v) is 4.16. The number of hydrogen-bond donors (Lipinski definition) is 1. The molecule has 0 aliphatic heterocycles. The highest BCUT2D eigenvalue weighted by Gasteiger charge is 2.05. The molecule has 128 valence electrons. The van der Waals surface area contributed by atoms with Crippen LogP contribution in [0.1, 0.15) is 32.6 Å². The Morgan fingerprint density at radius 1 is 1.17 bits per heavy atom. The van der Waals surface area contributed by atoms with E-state index in [4.69, 9.17) is 0 Å². The number of halogens is 1. The summed E-state index contributed by atoms with van der Waals surface area (Å²) in [6.45, 7) is 3.24. The van der Waals surface area contributed by atoms with Gasteiger partial charge in [0.2, 0.25) is 5.91 Å².